The molecule has 0 bridgehead atoms. The van der Waals surface area contributed by atoms with Crippen LogP contribution in [-0.2, 0) is 6.42 Å². The molecule has 0 amide bonds. The van der Waals surface area contributed by atoms with E-state index in [9.17, 15) is 5.11 Å². The van der Waals surface area contributed by atoms with Gasteiger partial charge in [0.1, 0.15) is 0 Å². The average molecular weight is 296 g/mol. The predicted octanol–water partition coefficient (Wildman–Crippen LogP) is 3.42. The fourth-order valence-electron chi connectivity index (χ4n) is 4.26. The van der Waals surface area contributed by atoms with Gasteiger partial charge in [-0.1, -0.05) is 36.8 Å². The zero-order chi connectivity index (χ0) is 15.1. The second kappa shape index (κ2) is 5.56. The van der Waals surface area contributed by atoms with E-state index in [2.05, 4.69) is 47.1 Å². The van der Waals surface area contributed by atoms with E-state index in [1.807, 2.05) is 0 Å². The topological polar surface area (TPSA) is 39.3 Å². The molecule has 0 spiro atoms. The third kappa shape index (κ3) is 2.11. The molecule has 116 valence electrons. The SMILES string of the molecule is CC[C@@H]1CN2CCc3c([nH]c4ccccc34)[C@@H]2C=C1CCO. The summed E-state index contributed by atoms with van der Waals surface area (Å²) in [7, 11) is 0. The van der Waals surface area contributed by atoms with Gasteiger partial charge in [-0.25, -0.2) is 0 Å². The molecule has 2 aliphatic rings. The molecule has 2 aromatic rings. The van der Waals surface area contributed by atoms with Crippen molar-refractivity contribution in [1.82, 2.24) is 9.88 Å². The van der Waals surface area contributed by atoms with E-state index in [1.54, 1.807) is 0 Å². The lowest BCUT2D eigenvalue weighted by Gasteiger charge is -2.41. The van der Waals surface area contributed by atoms with Crippen LogP contribution in [0.2, 0.25) is 0 Å². The maximum absolute atomic E-state index is 9.38. The number of rotatable bonds is 3. The number of nitrogens with one attached hydrogen (secondary N) is 1. The Bertz CT molecular complexity index is 715. The quantitative estimate of drug-likeness (QED) is 0.852. The summed E-state index contributed by atoms with van der Waals surface area (Å²) in [4.78, 5) is 6.27. The summed E-state index contributed by atoms with van der Waals surface area (Å²) in [5.74, 6) is 0.606. The van der Waals surface area contributed by atoms with Crippen molar-refractivity contribution in [3.05, 3.63) is 47.2 Å². The summed E-state index contributed by atoms with van der Waals surface area (Å²) in [6.45, 7) is 4.78. The van der Waals surface area contributed by atoms with Gasteiger partial charge in [0, 0.05) is 36.3 Å². The van der Waals surface area contributed by atoms with E-state index in [0.29, 0.717) is 12.0 Å². The molecule has 0 aliphatic carbocycles. The lowest BCUT2D eigenvalue weighted by atomic mass is 9.84. The lowest BCUT2D eigenvalue weighted by molar-refractivity contribution is 0.169. The predicted molar refractivity (Wildman–Crippen MR) is 89.9 cm³/mol. The first-order valence-electron chi connectivity index (χ1n) is 8.46. The van der Waals surface area contributed by atoms with Crippen LogP contribution in [0.4, 0.5) is 0 Å². The summed E-state index contributed by atoms with van der Waals surface area (Å²) < 4.78 is 0. The van der Waals surface area contributed by atoms with Crippen molar-refractivity contribution in [2.45, 2.75) is 32.2 Å². The molecule has 2 aliphatic heterocycles. The minimum absolute atomic E-state index is 0.259. The van der Waals surface area contributed by atoms with Crippen molar-refractivity contribution in [2.75, 3.05) is 19.7 Å². The highest BCUT2D eigenvalue weighted by Gasteiger charge is 2.34. The molecular formula is C19H24N2O. The Hall–Kier alpha value is -1.58. The number of aromatic amines is 1. The number of hydrogen-bond acceptors (Lipinski definition) is 2. The maximum atomic E-state index is 9.38. The molecule has 1 aromatic carbocycles. The smallest absolute Gasteiger partial charge is 0.0690 e. The van der Waals surface area contributed by atoms with Crippen LogP contribution in [0, 0.1) is 5.92 Å². The Labute approximate surface area is 131 Å². The van der Waals surface area contributed by atoms with Crippen LogP contribution in [0.3, 0.4) is 0 Å². The number of aliphatic hydroxyl groups excluding tert-OH is 1. The molecule has 0 unspecified atom stereocenters. The van der Waals surface area contributed by atoms with Gasteiger partial charge >= 0.3 is 0 Å². The molecule has 0 radical (unpaired) electrons. The number of aromatic nitrogens is 1. The van der Waals surface area contributed by atoms with Gasteiger partial charge in [-0.2, -0.15) is 0 Å². The molecule has 2 atom stereocenters. The van der Waals surface area contributed by atoms with Crippen molar-refractivity contribution >= 4 is 10.9 Å². The Morgan fingerprint density at radius 3 is 3.00 bits per heavy atom. The van der Waals surface area contributed by atoms with E-state index in [-0.39, 0.29) is 6.61 Å². The monoisotopic (exact) mass is 296 g/mol. The molecule has 2 N–H and O–H groups in total. The first-order valence-corrected chi connectivity index (χ1v) is 8.46. The van der Waals surface area contributed by atoms with Crippen molar-refractivity contribution in [3.63, 3.8) is 0 Å². The minimum atomic E-state index is 0.259. The average Bonchev–Trinajstić information content (AvgIpc) is 2.93. The van der Waals surface area contributed by atoms with Crippen LogP contribution < -0.4 is 0 Å². The standard InChI is InChI=1S/C19H24N2O/c1-2-13-12-21-9-7-16-15-5-3-4-6-17(15)20-19(16)18(21)11-14(13)8-10-22/h3-6,11,13,18,20,22H,2,7-10,12H2,1H3/t13-,18+/m1/s1. The third-order valence-corrected chi connectivity index (χ3v) is 5.43. The molecule has 22 heavy (non-hydrogen) atoms. The zero-order valence-corrected chi connectivity index (χ0v) is 13.2. The summed E-state index contributed by atoms with van der Waals surface area (Å²) in [5.41, 5.74) is 5.56. The highest BCUT2D eigenvalue weighted by molar-refractivity contribution is 5.85. The fraction of sp³-hybridized carbons (Fsp3) is 0.474. The van der Waals surface area contributed by atoms with Crippen molar-refractivity contribution in [1.29, 1.82) is 0 Å². The van der Waals surface area contributed by atoms with Crippen LogP contribution in [0.25, 0.3) is 10.9 Å². The van der Waals surface area contributed by atoms with Crippen molar-refractivity contribution < 1.29 is 5.11 Å². The molecule has 0 saturated heterocycles. The number of fused-ring (bicyclic) bond motifs is 5. The molecule has 0 saturated carbocycles. The van der Waals surface area contributed by atoms with Gasteiger partial charge in [-0.15, -0.1) is 0 Å². The number of para-hydroxylation sites is 1. The van der Waals surface area contributed by atoms with Crippen LogP contribution in [-0.4, -0.2) is 34.7 Å². The Balaban J connectivity index is 1.80. The third-order valence-electron chi connectivity index (χ3n) is 5.43. The number of H-pyrrole nitrogens is 1. The Morgan fingerprint density at radius 1 is 1.32 bits per heavy atom. The van der Waals surface area contributed by atoms with Crippen molar-refractivity contribution in [2.24, 2.45) is 5.92 Å². The van der Waals surface area contributed by atoms with Gasteiger partial charge < -0.3 is 10.1 Å². The van der Waals surface area contributed by atoms with E-state index in [4.69, 9.17) is 0 Å². The molecule has 3 heteroatoms. The summed E-state index contributed by atoms with van der Waals surface area (Å²) in [6, 6.07) is 9.00. The van der Waals surface area contributed by atoms with E-state index in [0.717, 1.165) is 32.4 Å². The summed E-state index contributed by atoms with van der Waals surface area (Å²) >= 11 is 0. The molecule has 4 rings (SSSR count). The Kier molecular flexibility index (Phi) is 3.55. The van der Waals surface area contributed by atoms with Crippen molar-refractivity contribution in [3.8, 4) is 0 Å². The van der Waals surface area contributed by atoms with E-state index < -0.39 is 0 Å². The van der Waals surface area contributed by atoms with Crippen LogP contribution in [0.1, 0.15) is 37.1 Å². The van der Waals surface area contributed by atoms with Crippen LogP contribution >= 0.6 is 0 Å². The summed E-state index contributed by atoms with van der Waals surface area (Å²) in [5, 5.41) is 10.8. The number of nitrogens with zero attached hydrogens (tertiary/aromatic N) is 1. The molecule has 3 nitrogen and oxygen atoms in total. The van der Waals surface area contributed by atoms with Gasteiger partial charge in [-0.05, 0) is 36.8 Å². The van der Waals surface area contributed by atoms with Gasteiger partial charge in [-0.3, -0.25) is 4.90 Å². The zero-order valence-electron chi connectivity index (χ0n) is 13.2. The minimum Gasteiger partial charge on any atom is -0.396 e. The lowest BCUT2D eigenvalue weighted by Crippen LogP contribution is -2.41. The first kappa shape index (κ1) is 14.0. The normalized spacial score (nSPS) is 24.9. The highest BCUT2D eigenvalue weighted by Crippen LogP contribution is 2.40. The summed E-state index contributed by atoms with van der Waals surface area (Å²) in [6.07, 6.45) is 5.53. The molecule has 3 heterocycles. The van der Waals surface area contributed by atoms with Gasteiger partial charge in [0.2, 0.25) is 0 Å². The number of hydrogen-bond donors (Lipinski definition) is 2. The van der Waals surface area contributed by atoms with Crippen LogP contribution in [0.15, 0.2) is 35.9 Å². The largest absolute Gasteiger partial charge is 0.396 e. The van der Waals surface area contributed by atoms with E-state index >= 15 is 0 Å². The number of benzene rings is 1. The van der Waals surface area contributed by atoms with Crippen LogP contribution in [0.5, 0.6) is 0 Å². The van der Waals surface area contributed by atoms with Gasteiger partial charge in [0.05, 0.1) is 6.04 Å². The molecular weight excluding hydrogens is 272 g/mol. The second-order valence-electron chi connectivity index (χ2n) is 6.57. The van der Waals surface area contributed by atoms with E-state index in [1.165, 1.54) is 27.7 Å². The number of aliphatic hydroxyl groups is 1. The first-order chi connectivity index (χ1) is 10.8. The Morgan fingerprint density at radius 2 is 2.18 bits per heavy atom. The molecule has 0 fully saturated rings. The maximum Gasteiger partial charge on any atom is 0.0690 e. The fourth-order valence-corrected chi connectivity index (χ4v) is 4.26. The van der Waals surface area contributed by atoms with Gasteiger partial charge in [0.15, 0.2) is 0 Å². The van der Waals surface area contributed by atoms with Gasteiger partial charge in [0.25, 0.3) is 0 Å². The molecule has 1 aromatic heterocycles. The highest BCUT2D eigenvalue weighted by atomic mass is 16.2. The second-order valence-corrected chi connectivity index (χ2v) is 6.57.